The second kappa shape index (κ2) is 6.22. The molecule has 0 aromatic heterocycles. The number of carbonyl (C=O) groups is 2. The number of nitriles is 1. The van der Waals surface area contributed by atoms with Gasteiger partial charge in [0.25, 0.3) is 5.91 Å². The van der Waals surface area contributed by atoms with E-state index in [-0.39, 0.29) is 0 Å². The fraction of sp³-hybridized carbons (Fsp3) is 0.571. The smallest absolute Gasteiger partial charge is 0.367 e. The van der Waals surface area contributed by atoms with Gasteiger partial charge in [0, 0.05) is 0 Å². The van der Waals surface area contributed by atoms with Crippen molar-refractivity contribution in [3.8, 4) is 6.07 Å². The highest BCUT2D eigenvalue weighted by Crippen LogP contribution is 2.20. The lowest BCUT2D eigenvalue weighted by Gasteiger charge is -2.08. The van der Waals surface area contributed by atoms with Gasteiger partial charge in [0.05, 0.1) is 17.6 Å². The summed E-state index contributed by atoms with van der Waals surface area (Å²) in [6.45, 7) is 0. The van der Waals surface area contributed by atoms with Crippen LogP contribution in [0.5, 0.6) is 0 Å². The Morgan fingerprint density at radius 2 is 2.06 bits per heavy atom. The van der Waals surface area contributed by atoms with E-state index in [4.69, 9.17) is 11.0 Å². The largest absolute Gasteiger partial charge is 0.397 e. The number of primary amides is 1. The normalized spacial score (nSPS) is 12.6. The summed E-state index contributed by atoms with van der Waals surface area (Å²) in [6, 6.07) is -0.114. The van der Waals surface area contributed by atoms with Crippen molar-refractivity contribution in [3.63, 3.8) is 0 Å². The van der Waals surface area contributed by atoms with Crippen LogP contribution in [0.2, 0.25) is 0 Å². The highest BCUT2D eigenvalue weighted by molar-refractivity contribution is 8.00. The van der Waals surface area contributed by atoms with Gasteiger partial charge >= 0.3 is 6.18 Å². The van der Waals surface area contributed by atoms with Crippen molar-refractivity contribution < 1.29 is 22.8 Å². The van der Waals surface area contributed by atoms with E-state index >= 15 is 0 Å². The van der Waals surface area contributed by atoms with Crippen LogP contribution in [0.1, 0.15) is 0 Å². The zero-order valence-corrected chi connectivity index (χ0v) is 8.69. The first-order valence-electron chi connectivity index (χ1n) is 3.89. The average Bonchev–Trinajstić information content (AvgIpc) is 2.11. The molecule has 0 saturated carbocycles. The van der Waals surface area contributed by atoms with Crippen LogP contribution in [-0.4, -0.2) is 35.5 Å². The van der Waals surface area contributed by atoms with Crippen LogP contribution in [0.4, 0.5) is 13.2 Å². The number of nitrogens with two attached hydrogens (primary N) is 1. The van der Waals surface area contributed by atoms with Gasteiger partial charge in [-0.2, -0.15) is 18.4 Å². The first kappa shape index (κ1) is 14.6. The van der Waals surface area contributed by atoms with Crippen molar-refractivity contribution in [3.05, 3.63) is 0 Å². The molecule has 0 aliphatic rings. The topological polar surface area (TPSA) is 96.0 Å². The van der Waals surface area contributed by atoms with Crippen molar-refractivity contribution in [2.24, 2.45) is 5.73 Å². The summed E-state index contributed by atoms with van der Waals surface area (Å²) < 4.78 is 35.1. The number of rotatable bonds is 5. The van der Waals surface area contributed by atoms with Crippen LogP contribution in [0.3, 0.4) is 0 Å². The number of hydrogen-bond acceptors (Lipinski definition) is 4. The number of carbonyl (C=O) groups excluding carboxylic acids is 2. The zero-order chi connectivity index (χ0) is 12.8. The van der Waals surface area contributed by atoms with Gasteiger partial charge in [-0.1, -0.05) is 0 Å². The highest BCUT2D eigenvalue weighted by atomic mass is 32.2. The van der Waals surface area contributed by atoms with Gasteiger partial charge in [-0.3, -0.25) is 9.59 Å². The third kappa shape index (κ3) is 6.94. The molecule has 0 aliphatic carbocycles. The standard InChI is InChI=1S/C7H8F3N3O2S/c8-7(9,10)3-16-2-5(14)13-4(1-11)6(12)15/h4H,2-3H2,(H2,12,15)(H,13,14). The minimum Gasteiger partial charge on any atom is -0.367 e. The first-order chi connectivity index (χ1) is 7.26. The molecular formula is C7H8F3N3O2S. The maximum absolute atomic E-state index is 11.7. The lowest BCUT2D eigenvalue weighted by molar-refractivity contribution is -0.124. The van der Waals surface area contributed by atoms with Gasteiger partial charge in [0.1, 0.15) is 0 Å². The molecule has 0 aromatic carbocycles. The summed E-state index contributed by atoms with van der Waals surface area (Å²) >= 11 is 0.334. The molecule has 9 heteroatoms. The Balaban J connectivity index is 3.92. The molecule has 16 heavy (non-hydrogen) atoms. The Bertz CT molecular complexity index is 313. The van der Waals surface area contributed by atoms with Crippen molar-refractivity contribution in [2.75, 3.05) is 11.5 Å². The van der Waals surface area contributed by atoms with Crippen LogP contribution in [0.25, 0.3) is 0 Å². The Hall–Kier alpha value is -1.43. The monoisotopic (exact) mass is 255 g/mol. The lowest BCUT2D eigenvalue weighted by atomic mass is 10.3. The molecule has 0 spiro atoms. The average molecular weight is 255 g/mol. The summed E-state index contributed by atoms with van der Waals surface area (Å²) in [6.07, 6.45) is -4.36. The van der Waals surface area contributed by atoms with Gasteiger partial charge in [-0.25, -0.2) is 0 Å². The maximum Gasteiger partial charge on any atom is 0.397 e. The molecule has 0 fully saturated rings. The van der Waals surface area contributed by atoms with Gasteiger partial charge < -0.3 is 11.1 Å². The van der Waals surface area contributed by atoms with E-state index in [0.717, 1.165) is 0 Å². The van der Waals surface area contributed by atoms with E-state index < -0.39 is 35.5 Å². The number of nitrogens with zero attached hydrogens (tertiary/aromatic N) is 1. The molecule has 3 N–H and O–H groups in total. The van der Waals surface area contributed by atoms with Gasteiger partial charge in [0.15, 0.2) is 6.04 Å². The molecular weight excluding hydrogens is 247 g/mol. The molecule has 1 unspecified atom stereocenters. The van der Waals surface area contributed by atoms with E-state index in [0.29, 0.717) is 11.8 Å². The van der Waals surface area contributed by atoms with Crippen LogP contribution in [0.15, 0.2) is 0 Å². The van der Waals surface area contributed by atoms with E-state index in [9.17, 15) is 22.8 Å². The predicted molar refractivity (Wildman–Crippen MR) is 50.1 cm³/mol. The maximum atomic E-state index is 11.7. The number of amides is 2. The molecule has 0 heterocycles. The number of alkyl halides is 3. The van der Waals surface area contributed by atoms with Crippen LogP contribution in [0, 0.1) is 11.3 Å². The molecule has 0 aliphatic heterocycles. The number of thioether (sulfide) groups is 1. The molecule has 90 valence electrons. The first-order valence-corrected chi connectivity index (χ1v) is 5.04. The Kier molecular flexibility index (Phi) is 5.66. The van der Waals surface area contributed by atoms with E-state index in [1.807, 2.05) is 5.32 Å². The number of halogens is 3. The second-order valence-electron chi connectivity index (χ2n) is 2.64. The quantitative estimate of drug-likeness (QED) is 0.709. The molecule has 0 radical (unpaired) electrons. The van der Waals surface area contributed by atoms with Gasteiger partial charge in [0.2, 0.25) is 5.91 Å². The predicted octanol–water partition coefficient (Wildman–Crippen LogP) is -0.224. The summed E-state index contributed by atoms with van der Waals surface area (Å²) in [5.74, 6) is -3.57. The van der Waals surface area contributed by atoms with E-state index in [1.165, 1.54) is 6.07 Å². The van der Waals surface area contributed by atoms with Crippen molar-refractivity contribution >= 4 is 23.6 Å². The summed E-state index contributed by atoms with van der Waals surface area (Å²) in [4.78, 5) is 21.4. The Morgan fingerprint density at radius 1 is 1.50 bits per heavy atom. The van der Waals surface area contributed by atoms with Crippen LogP contribution < -0.4 is 11.1 Å². The van der Waals surface area contributed by atoms with Crippen molar-refractivity contribution in [1.82, 2.24) is 5.32 Å². The van der Waals surface area contributed by atoms with E-state index in [1.54, 1.807) is 0 Å². The molecule has 0 aromatic rings. The molecule has 2 amide bonds. The van der Waals surface area contributed by atoms with Crippen molar-refractivity contribution in [2.45, 2.75) is 12.2 Å². The fourth-order valence-corrected chi connectivity index (χ4v) is 1.23. The molecule has 0 rings (SSSR count). The molecule has 5 nitrogen and oxygen atoms in total. The zero-order valence-electron chi connectivity index (χ0n) is 7.87. The third-order valence-corrected chi connectivity index (χ3v) is 2.22. The second-order valence-corrected chi connectivity index (χ2v) is 3.63. The molecule has 0 bridgehead atoms. The number of hydrogen-bond donors (Lipinski definition) is 2. The lowest BCUT2D eigenvalue weighted by Crippen LogP contribution is -2.44. The summed E-state index contributed by atoms with van der Waals surface area (Å²) in [5.41, 5.74) is 4.73. The Morgan fingerprint density at radius 3 is 2.44 bits per heavy atom. The minimum absolute atomic E-state index is 0.334. The van der Waals surface area contributed by atoms with Crippen LogP contribution >= 0.6 is 11.8 Å². The van der Waals surface area contributed by atoms with Crippen LogP contribution in [-0.2, 0) is 9.59 Å². The summed E-state index contributed by atoms with van der Waals surface area (Å²) in [5, 5.41) is 10.2. The number of nitrogens with one attached hydrogen (secondary N) is 1. The minimum atomic E-state index is -4.36. The summed E-state index contributed by atoms with van der Waals surface area (Å²) in [7, 11) is 0. The van der Waals surface area contributed by atoms with Crippen molar-refractivity contribution in [1.29, 1.82) is 5.26 Å². The molecule has 1 atom stereocenters. The highest BCUT2D eigenvalue weighted by Gasteiger charge is 2.27. The fourth-order valence-electron chi connectivity index (χ4n) is 0.629. The SMILES string of the molecule is N#CC(NC(=O)CSCC(F)(F)F)C(N)=O. The van der Waals surface area contributed by atoms with Gasteiger partial charge in [-0.05, 0) is 0 Å². The molecule has 0 saturated heterocycles. The Labute approximate surface area is 93.2 Å². The third-order valence-electron chi connectivity index (χ3n) is 1.22. The van der Waals surface area contributed by atoms with E-state index in [2.05, 4.69) is 0 Å². The van der Waals surface area contributed by atoms with Gasteiger partial charge in [-0.15, -0.1) is 11.8 Å².